The van der Waals surface area contributed by atoms with E-state index in [0.29, 0.717) is 6.29 Å². The summed E-state index contributed by atoms with van der Waals surface area (Å²) in [6.45, 7) is 5.10. The van der Waals surface area contributed by atoms with Crippen LogP contribution in [0.15, 0.2) is 0 Å². The second-order valence-electron chi connectivity index (χ2n) is 5.74. The second-order valence-corrected chi connectivity index (χ2v) is 5.74. The SMILES string of the molecule is CN(C(=O)OC(C)(C)C)C(C=O)C1CC(F)(F)C1. The highest BCUT2D eigenvalue weighted by Crippen LogP contribution is 2.44. The molecule has 0 aromatic rings. The molecule has 0 heterocycles. The number of aldehydes is 1. The Kier molecular flexibility index (Phi) is 3.98. The number of rotatable bonds is 3. The first-order chi connectivity index (χ1) is 8.06. The molecule has 18 heavy (non-hydrogen) atoms. The molecule has 1 amide bonds. The molecule has 0 spiro atoms. The number of hydrogen-bond donors (Lipinski definition) is 0. The van der Waals surface area contributed by atoms with E-state index in [1.165, 1.54) is 7.05 Å². The lowest BCUT2D eigenvalue weighted by Gasteiger charge is -2.41. The molecule has 1 saturated carbocycles. The number of ether oxygens (including phenoxy) is 1. The van der Waals surface area contributed by atoms with E-state index in [1.54, 1.807) is 20.8 Å². The van der Waals surface area contributed by atoms with E-state index in [0.717, 1.165) is 4.90 Å². The van der Waals surface area contributed by atoms with Crippen molar-refractivity contribution in [2.45, 2.75) is 51.2 Å². The fourth-order valence-corrected chi connectivity index (χ4v) is 1.92. The van der Waals surface area contributed by atoms with Gasteiger partial charge < -0.3 is 14.4 Å². The molecule has 1 aliphatic rings. The fraction of sp³-hybridized carbons (Fsp3) is 0.833. The Morgan fingerprint density at radius 2 is 1.94 bits per heavy atom. The van der Waals surface area contributed by atoms with Crippen LogP contribution in [0.2, 0.25) is 0 Å². The van der Waals surface area contributed by atoms with Crippen molar-refractivity contribution in [1.29, 1.82) is 0 Å². The molecule has 4 nitrogen and oxygen atoms in total. The van der Waals surface area contributed by atoms with Crippen LogP contribution in [0, 0.1) is 5.92 Å². The molecular weight excluding hydrogens is 244 g/mol. The summed E-state index contributed by atoms with van der Waals surface area (Å²) >= 11 is 0. The van der Waals surface area contributed by atoms with Gasteiger partial charge in [-0.3, -0.25) is 0 Å². The van der Waals surface area contributed by atoms with Gasteiger partial charge in [0.25, 0.3) is 0 Å². The van der Waals surface area contributed by atoms with Crippen LogP contribution in [-0.4, -0.2) is 41.9 Å². The molecule has 0 aliphatic heterocycles. The Morgan fingerprint density at radius 3 is 2.28 bits per heavy atom. The lowest BCUT2D eigenvalue weighted by molar-refractivity contribution is -0.138. The molecule has 0 aromatic carbocycles. The van der Waals surface area contributed by atoms with Gasteiger partial charge in [0.1, 0.15) is 11.9 Å². The van der Waals surface area contributed by atoms with Crippen LogP contribution in [0.1, 0.15) is 33.6 Å². The molecule has 1 atom stereocenters. The molecule has 1 unspecified atom stereocenters. The summed E-state index contributed by atoms with van der Waals surface area (Å²) < 4.78 is 30.6. The summed E-state index contributed by atoms with van der Waals surface area (Å²) in [4.78, 5) is 23.8. The first kappa shape index (κ1) is 14.9. The first-order valence-electron chi connectivity index (χ1n) is 5.85. The Labute approximate surface area is 105 Å². The minimum absolute atomic E-state index is 0.358. The lowest BCUT2D eigenvalue weighted by atomic mass is 9.76. The number of carbonyl (C=O) groups excluding carboxylic acids is 2. The van der Waals surface area contributed by atoms with Gasteiger partial charge >= 0.3 is 6.09 Å². The van der Waals surface area contributed by atoms with Crippen molar-refractivity contribution in [3.63, 3.8) is 0 Å². The van der Waals surface area contributed by atoms with Crippen molar-refractivity contribution in [3.8, 4) is 0 Å². The lowest BCUT2D eigenvalue weighted by Crippen LogP contribution is -2.52. The van der Waals surface area contributed by atoms with Gasteiger partial charge in [-0.1, -0.05) is 0 Å². The Hall–Kier alpha value is -1.20. The van der Waals surface area contributed by atoms with E-state index in [9.17, 15) is 18.4 Å². The number of nitrogens with zero attached hydrogens (tertiary/aromatic N) is 1. The predicted octanol–water partition coefficient (Wildman–Crippen LogP) is 2.47. The van der Waals surface area contributed by atoms with Gasteiger partial charge in [-0.2, -0.15) is 0 Å². The van der Waals surface area contributed by atoms with E-state index in [4.69, 9.17) is 4.74 Å². The molecule has 0 bridgehead atoms. The second kappa shape index (κ2) is 4.82. The molecule has 1 aliphatic carbocycles. The zero-order valence-corrected chi connectivity index (χ0v) is 11.1. The zero-order valence-electron chi connectivity index (χ0n) is 11.1. The summed E-state index contributed by atoms with van der Waals surface area (Å²) in [6.07, 6.45) is -0.855. The van der Waals surface area contributed by atoms with Crippen molar-refractivity contribution in [2.75, 3.05) is 7.05 Å². The van der Waals surface area contributed by atoms with Gasteiger partial charge in [0.2, 0.25) is 5.92 Å². The van der Waals surface area contributed by atoms with Crippen LogP contribution < -0.4 is 0 Å². The molecule has 0 radical (unpaired) electrons. The average Bonchev–Trinajstić information content (AvgIpc) is 2.13. The number of amides is 1. The maximum absolute atomic E-state index is 12.8. The highest BCUT2D eigenvalue weighted by molar-refractivity contribution is 5.73. The fourth-order valence-electron chi connectivity index (χ4n) is 1.92. The monoisotopic (exact) mass is 263 g/mol. The smallest absolute Gasteiger partial charge is 0.410 e. The molecule has 0 aromatic heterocycles. The van der Waals surface area contributed by atoms with Crippen LogP contribution in [0.4, 0.5) is 13.6 Å². The van der Waals surface area contributed by atoms with E-state index in [2.05, 4.69) is 0 Å². The van der Waals surface area contributed by atoms with Gasteiger partial charge in [0.05, 0.1) is 6.04 Å². The predicted molar refractivity (Wildman–Crippen MR) is 61.5 cm³/mol. The van der Waals surface area contributed by atoms with E-state index in [-0.39, 0.29) is 12.8 Å². The van der Waals surface area contributed by atoms with Crippen LogP contribution in [0.5, 0.6) is 0 Å². The molecule has 0 saturated heterocycles. The minimum atomic E-state index is -2.71. The van der Waals surface area contributed by atoms with Crippen molar-refractivity contribution in [3.05, 3.63) is 0 Å². The van der Waals surface area contributed by atoms with Gasteiger partial charge in [0.15, 0.2) is 0 Å². The highest BCUT2D eigenvalue weighted by atomic mass is 19.3. The third-order valence-electron chi connectivity index (χ3n) is 2.87. The zero-order chi connectivity index (χ0) is 14.1. The Morgan fingerprint density at radius 1 is 1.44 bits per heavy atom. The van der Waals surface area contributed by atoms with Gasteiger partial charge in [-0.25, -0.2) is 13.6 Å². The van der Waals surface area contributed by atoms with Crippen molar-refractivity contribution in [2.24, 2.45) is 5.92 Å². The van der Waals surface area contributed by atoms with E-state index >= 15 is 0 Å². The van der Waals surface area contributed by atoms with Crippen molar-refractivity contribution in [1.82, 2.24) is 4.90 Å². The molecule has 1 fully saturated rings. The number of alkyl halides is 2. The normalized spacial score (nSPS) is 20.8. The van der Waals surface area contributed by atoms with Crippen LogP contribution in [0.3, 0.4) is 0 Å². The van der Waals surface area contributed by atoms with Crippen molar-refractivity contribution >= 4 is 12.4 Å². The maximum atomic E-state index is 12.8. The Balaban J connectivity index is 2.61. The molecule has 0 N–H and O–H groups in total. The van der Waals surface area contributed by atoms with Gasteiger partial charge in [-0.15, -0.1) is 0 Å². The summed E-state index contributed by atoms with van der Waals surface area (Å²) in [5.41, 5.74) is -0.678. The quantitative estimate of drug-likeness (QED) is 0.735. The third kappa shape index (κ3) is 3.65. The summed E-state index contributed by atoms with van der Waals surface area (Å²) in [7, 11) is 1.39. The van der Waals surface area contributed by atoms with Crippen LogP contribution in [0.25, 0.3) is 0 Å². The van der Waals surface area contributed by atoms with Gasteiger partial charge in [-0.05, 0) is 26.7 Å². The third-order valence-corrected chi connectivity index (χ3v) is 2.87. The number of likely N-dealkylation sites (N-methyl/N-ethyl adjacent to an activating group) is 1. The largest absolute Gasteiger partial charge is 0.444 e. The highest BCUT2D eigenvalue weighted by Gasteiger charge is 2.50. The summed E-state index contributed by atoms with van der Waals surface area (Å²) in [5, 5.41) is 0. The molecule has 1 rings (SSSR count). The topological polar surface area (TPSA) is 46.6 Å². The van der Waals surface area contributed by atoms with Gasteiger partial charge in [0, 0.05) is 19.9 Å². The van der Waals surface area contributed by atoms with Crippen molar-refractivity contribution < 1.29 is 23.1 Å². The standard InChI is InChI=1S/C12H19F2NO3/c1-11(2,3)18-10(17)15(4)9(7-16)8-5-12(13,14)6-8/h7-9H,5-6H2,1-4H3. The minimum Gasteiger partial charge on any atom is -0.444 e. The summed E-state index contributed by atoms with van der Waals surface area (Å²) in [6, 6.07) is -0.848. The summed E-state index contributed by atoms with van der Waals surface area (Å²) in [5.74, 6) is -3.20. The number of carbonyl (C=O) groups is 2. The molecule has 104 valence electrons. The van der Waals surface area contributed by atoms with E-state index in [1.807, 2.05) is 0 Å². The Bertz CT molecular complexity index is 331. The van der Waals surface area contributed by atoms with Crippen LogP contribution in [-0.2, 0) is 9.53 Å². The number of halogens is 2. The molecule has 6 heteroatoms. The first-order valence-corrected chi connectivity index (χ1v) is 5.85. The van der Waals surface area contributed by atoms with E-state index < -0.39 is 29.6 Å². The van der Waals surface area contributed by atoms with Crippen LogP contribution >= 0.6 is 0 Å². The molecular formula is C12H19F2NO3. The number of hydrogen-bond acceptors (Lipinski definition) is 3. The average molecular weight is 263 g/mol. The maximum Gasteiger partial charge on any atom is 0.410 e.